The molecule has 0 saturated carbocycles. The van der Waals surface area contributed by atoms with Gasteiger partial charge < -0.3 is 19.3 Å². The fraction of sp³-hybridized carbons (Fsp3) is 0.478. The highest BCUT2D eigenvalue weighted by atomic mass is 32.1. The Hall–Kier alpha value is -2.42. The van der Waals surface area contributed by atoms with E-state index in [2.05, 4.69) is 11.7 Å². The SMILES string of the molecule is CCCCCC(O)c1ccc(N2CCOC2=O)cc1.COCc1ccc(C(=O)OC)s1. The Kier molecular flexibility index (Phi) is 10.5. The van der Waals surface area contributed by atoms with Gasteiger partial charge in [-0.25, -0.2) is 9.59 Å². The topological polar surface area (TPSA) is 85.3 Å². The highest BCUT2D eigenvalue weighted by Gasteiger charge is 2.23. The van der Waals surface area contributed by atoms with E-state index in [4.69, 9.17) is 9.47 Å². The average molecular weight is 450 g/mol. The van der Waals surface area contributed by atoms with Crippen molar-refractivity contribution in [2.75, 3.05) is 32.3 Å². The average Bonchev–Trinajstić information content (AvgIpc) is 3.43. The highest BCUT2D eigenvalue weighted by Crippen LogP contribution is 2.24. The van der Waals surface area contributed by atoms with E-state index in [-0.39, 0.29) is 12.1 Å². The minimum absolute atomic E-state index is 0.289. The second-order valence-electron chi connectivity index (χ2n) is 7.06. The van der Waals surface area contributed by atoms with Crippen molar-refractivity contribution in [2.45, 2.75) is 45.3 Å². The number of anilines is 1. The normalized spacial score (nSPS) is 13.9. The van der Waals surface area contributed by atoms with Crippen molar-refractivity contribution in [1.82, 2.24) is 0 Å². The Labute approximate surface area is 187 Å². The molecule has 1 unspecified atom stereocenters. The van der Waals surface area contributed by atoms with Crippen LogP contribution < -0.4 is 4.90 Å². The molecule has 3 rings (SSSR count). The van der Waals surface area contributed by atoms with Gasteiger partial charge in [-0.2, -0.15) is 0 Å². The van der Waals surface area contributed by atoms with Crippen molar-refractivity contribution in [2.24, 2.45) is 0 Å². The van der Waals surface area contributed by atoms with Gasteiger partial charge in [0.15, 0.2) is 0 Å². The van der Waals surface area contributed by atoms with Gasteiger partial charge in [-0.05, 0) is 36.2 Å². The van der Waals surface area contributed by atoms with E-state index in [0.29, 0.717) is 24.6 Å². The van der Waals surface area contributed by atoms with Crippen molar-refractivity contribution in [3.63, 3.8) is 0 Å². The lowest BCUT2D eigenvalue weighted by atomic mass is 10.0. The number of methoxy groups -OCH3 is 2. The van der Waals surface area contributed by atoms with Crippen molar-refractivity contribution in [3.8, 4) is 0 Å². The van der Waals surface area contributed by atoms with Crippen LogP contribution in [0, 0.1) is 0 Å². The molecule has 170 valence electrons. The van der Waals surface area contributed by atoms with Gasteiger partial charge in [0.1, 0.15) is 11.5 Å². The number of rotatable bonds is 9. The molecule has 1 atom stereocenters. The Morgan fingerprint density at radius 1 is 1.19 bits per heavy atom. The maximum atomic E-state index is 11.4. The van der Waals surface area contributed by atoms with Crippen LogP contribution >= 0.6 is 11.3 Å². The molecular formula is C23H31NO6S. The molecule has 1 aromatic carbocycles. The zero-order valence-corrected chi connectivity index (χ0v) is 19.2. The molecule has 1 aromatic heterocycles. The van der Waals surface area contributed by atoms with Crippen molar-refractivity contribution < 1.29 is 28.9 Å². The standard InChI is InChI=1S/C15H21NO3.C8H10O3S/c1-2-3-4-5-14(17)12-6-8-13(9-7-12)16-10-11-19-15(16)18;1-10-5-6-3-4-7(12-6)8(9)11-2/h6-9,14,17H,2-5,10-11H2,1H3;3-4H,5H2,1-2H3. The van der Waals surface area contributed by atoms with E-state index in [0.717, 1.165) is 41.8 Å². The summed E-state index contributed by atoms with van der Waals surface area (Å²) in [6.07, 6.45) is 3.43. The van der Waals surface area contributed by atoms with Crippen molar-refractivity contribution >= 4 is 29.1 Å². The molecule has 7 nitrogen and oxygen atoms in total. The number of nitrogens with zero attached hydrogens (tertiary/aromatic N) is 1. The van der Waals surface area contributed by atoms with Gasteiger partial charge in [0.25, 0.3) is 0 Å². The van der Waals surface area contributed by atoms with E-state index >= 15 is 0 Å². The molecule has 1 amide bonds. The lowest BCUT2D eigenvalue weighted by molar-refractivity contribution is 0.0606. The summed E-state index contributed by atoms with van der Waals surface area (Å²) in [6.45, 7) is 3.73. The van der Waals surface area contributed by atoms with Crippen LogP contribution in [-0.4, -0.2) is 44.5 Å². The molecule has 8 heteroatoms. The number of aliphatic hydroxyl groups is 1. The monoisotopic (exact) mass is 449 g/mol. The number of thiophene rings is 1. The molecule has 0 bridgehead atoms. The van der Waals surface area contributed by atoms with Crippen molar-refractivity contribution in [1.29, 1.82) is 0 Å². The Morgan fingerprint density at radius 2 is 1.94 bits per heavy atom. The van der Waals surface area contributed by atoms with Crippen molar-refractivity contribution in [3.05, 3.63) is 51.7 Å². The summed E-state index contributed by atoms with van der Waals surface area (Å²) < 4.78 is 14.4. The second kappa shape index (κ2) is 13.1. The molecule has 1 N–H and O–H groups in total. The molecule has 1 aliphatic rings. The first kappa shape index (κ1) is 24.8. The Morgan fingerprint density at radius 3 is 2.52 bits per heavy atom. The number of ether oxygens (including phenoxy) is 3. The van der Waals surface area contributed by atoms with Crippen LogP contribution in [0.2, 0.25) is 0 Å². The number of cyclic esters (lactones) is 1. The third kappa shape index (κ3) is 7.65. The third-order valence-electron chi connectivity index (χ3n) is 4.77. The molecule has 0 radical (unpaired) electrons. The predicted molar refractivity (Wildman–Crippen MR) is 121 cm³/mol. The van der Waals surface area contributed by atoms with Gasteiger partial charge in [-0.15, -0.1) is 11.3 Å². The summed E-state index contributed by atoms with van der Waals surface area (Å²) in [6, 6.07) is 11.1. The summed E-state index contributed by atoms with van der Waals surface area (Å²) >= 11 is 1.39. The maximum Gasteiger partial charge on any atom is 0.414 e. The summed E-state index contributed by atoms with van der Waals surface area (Å²) in [4.78, 5) is 25.6. The quantitative estimate of drug-likeness (QED) is 0.431. The summed E-state index contributed by atoms with van der Waals surface area (Å²) in [5.41, 5.74) is 1.74. The van der Waals surface area contributed by atoms with Crippen LogP contribution in [0.4, 0.5) is 10.5 Å². The molecule has 0 spiro atoms. The summed E-state index contributed by atoms with van der Waals surface area (Å²) in [5.74, 6) is -0.289. The van der Waals surface area contributed by atoms with E-state index in [1.807, 2.05) is 30.3 Å². The largest absolute Gasteiger partial charge is 0.465 e. The van der Waals surface area contributed by atoms with Gasteiger partial charge in [-0.3, -0.25) is 4.90 Å². The zero-order valence-electron chi connectivity index (χ0n) is 18.3. The molecule has 2 aromatic rings. The van der Waals surface area contributed by atoms with Crippen LogP contribution in [0.5, 0.6) is 0 Å². The van der Waals surface area contributed by atoms with E-state index in [9.17, 15) is 14.7 Å². The number of carbonyl (C=O) groups excluding carboxylic acids is 2. The maximum absolute atomic E-state index is 11.4. The van der Waals surface area contributed by atoms with Gasteiger partial charge in [0.2, 0.25) is 0 Å². The number of hydrogen-bond donors (Lipinski definition) is 1. The molecule has 1 saturated heterocycles. The summed E-state index contributed by atoms with van der Waals surface area (Å²) in [7, 11) is 3.00. The number of esters is 1. The summed E-state index contributed by atoms with van der Waals surface area (Å²) in [5, 5.41) is 10.1. The van der Waals surface area contributed by atoms with Gasteiger partial charge in [-0.1, -0.05) is 38.3 Å². The van der Waals surface area contributed by atoms with Crippen LogP contribution in [0.25, 0.3) is 0 Å². The number of amides is 1. The van der Waals surface area contributed by atoms with Crippen LogP contribution in [0.1, 0.15) is 58.8 Å². The number of benzene rings is 1. The number of carbonyl (C=O) groups is 2. The number of unbranched alkanes of at least 4 members (excludes halogenated alkanes) is 2. The number of aliphatic hydroxyl groups excluding tert-OH is 1. The zero-order chi connectivity index (χ0) is 22.6. The minimum atomic E-state index is -0.411. The first-order chi connectivity index (χ1) is 15.0. The van der Waals surface area contributed by atoms with E-state index in [1.165, 1.54) is 18.4 Å². The fourth-order valence-electron chi connectivity index (χ4n) is 3.07. The minimum Gasteiger partial charge on any atom is -0.465 e. The third-order valence-corrected chi connectivity index (χ3v) is 5.81. The fourth-order valence-corrected chi connectivity index (χ4v) is 3.96. The van der Waals surface area contributed by atoms with Crippen LogP contribution in [0.3, 0.4) is 0 Å². The lowest BCUT2D eigenvalue weighted by Crippen LogP contribution is -2.23. The second-order valence-corrected chi connectivity index (χ2v) is 8.23. The highest BCUT2D eigenvalue weighted by molar-refractivity contribution is 7.13. The molecule has 1 fully saturated rings. The molecule has 1 aliphatic heterocycles. The number of hydrogen-bond acceptors (Lipinski definition) is 7. The molecule has 31 heavy (non-hydrogen) atoms. The predicted octanol–water partition coefficient (Wildman–Crippen LogP) is 4.94. The molecule has 0 aliphatic carbocycles. The van der Waals surface area contributed by atoms with E-state index in [1.54, 1.807) is 18.1 Å². The van der Waals surface area contributed by atoms with Gasteiger partial charge in [0.05, 0.1) is 26.4 Å². The van der Waals surface area contributed by atoms with Crippen LogP contribution in [-0.2, 0) is 20.8 Å². The molecule has 2 heterocycles. The first-order valence-electron chi connectivity index (χ1n) is 10.4. The Bertz CT molecular complexity index is 820. The van der Waals surface area contributed by atoms with Crippen LogP contribution in [0.15, 0.2) is 36.4 Å². The first-order valence-corrected chi connectivity index (χ1v) is 11.2. The van der Waals surface area contributed by atoms with Gasteiger partial charge in [0, 0.05) is 17.7 Å². The van der Waals surface area contributed by atoms with E-state index < -0.39 is 6.10 Å². The lowest BCUT2D eigenvalue weighted by Gasteiger charge is -2.15. The smallest absolute Gasteiger partial charge is 0.414 e. The van der Waals surface area contributed by atoms with Gasteiger partial charge >= 0.3 is 12.1 Å². The Balaban J connectivity index is 0.000000245. The molecular weight excluding hydrogens is 418 g/mol.